The predicted molar refractivity (Wildman–Crippen MR) is 25.6 cm³/mol. The van der Waals surface area contributed by atoms with E-state index in [-0.39, 0.29) is 11.9 Å². The van der Waals surface area contributed by atoms with Crippen LogP contribution in [-0.2, 0) is 0 Å². The average Bonchev–Trinajstić information content (AvgIpc) is 2.34. The summed E-state index contributed by atoms with van der Waals surface area (Å²) >= 11 is 0. The van der Waals surface area contributed by atoms with Gasteiger partial charge in [0.2, 0.25) is 0 Å². The summed E-state index contributed by atoms with van der Waals surface area (Å²) in [6, 6.07) is 1.69. The number of ether oxygens (including phenoxy) is 1. The Morgan fingerprint density at radius 3 is 2.89 bits per heavy atom. The van der Waals surface area contributed by atoms with Crippen LogP contribution in [0.3, 0.4) is 0 Å². The Kier molecular flexibility index (Phi) is 1.32. The number of nitriles is 1. The molecule has 0 aliphatic rings. The van der Waals surface area contributed by atoms with Crippen LogP contribution in [0.25, 0.3) is 0 Å². The van der Waals surface area contributed by atoms with E-state index in [0.29, 0.717) is 0 Å². The lowest BCUT2D eigenvalue weighted by atomic mass is 10.7. The van der Waals surface area contributed by atoms with Crippen LogP contribution in [0.2, 0.25) is 0 Å². The van der Waals surface area contributed by atoms with Crippen LogP contribution in [-0.4, -0.2) is 17.3 Å². The minimum atomic E-state index is -0.0214. The summed E-state index contributed by atoms with van der Waals surface area (Å²) < 4.78 is 8.90. The quantitative estimate of drug-likeness (QED) is 0.526. The fourth-order valence-electron chi connectivity index (χ4n) is 0.338. The highest BCUT2D eigenvalue weighted by molar-refractivity contribution is 5.07. The minimum absolute atomic E-state index is 0.00606. The molecule has 0 aromatic carbocycles. The van der Waals surface area contributed by atoms with Crippen molar-refractivity contribution < 1.29 is 9.26 Å². The van der Waals surface area contributed by atoms with Gasteiger partial charge in [0.05, 0.1) is 7.11 Å². The molecule has 0 unspecified atom stereocenters. The molecule has 1 heterocycles. The molecule has 0 atom stereocenters. The van der Waals surface area contributed by atoms with Gasteiger partial charge in [-0.25, -0.2) is 0 Å². The highest BCUT2D eigenvalue weighted by Crippen LogP contribution is 2.02. The molecule has 0 N–H and O–H groups in total. The number of hydrogen-bond donors (Lipinski definition) is 0. The second-order valence-corrected chi connectivity index (χ2v) is 1.20. The van der Waals surface area contributed by atoms with E-state index < -0.39 is 0 Å². The SMILES string of the molecule is COc1nc(C#N)no1. The van der Waals surface area contributed by atoms with Crippen molar-refractivity contribution in [1.82, 2.24) is 10.1 Å². The topological polar surface area (TPSA) is 71.9 Å². The van der Waals surface area contributed by atoms with Gasteiger partial charge in [-0.05, 0) is 5.16 Å². The first-order valence-corrected chi connectivity index (χ1v) is 2.14. The van der Waals surface area contributed by atoms with Crippen molar-refractivity contribution in [2.45, 2.75) is 0 Å². The molecular formula is C4H3N3O2. The molecule has 46 valence electrons. The maximum absolute atomic E-state index is 8.16. The predicted octanol–water partition coefficient (Wildman–Crippen LogP) is -0.0501. The molecule has 9 heavy (non-hydrogen) atoms. The van der Waals surface area contributed by atoms with E-state index in [1.807, 2.05) is 0 Å². The van der Waals surface area contributed by atoms with Gasteiger partial charge in [-0.3, -0.25) is 4.52 Å². The maximum Gasteiger partial charge on any atom is 0.418 e. The summed E-state index contributed by atoms with van der Waals surface area (Å²) in [5.74, 6) is -0.0214. The number of aromatic nitrogens is 2. The largest absolute Gasteiger partial charge is 0.452 e. The van der Waals surface area contributed by atoms with Crippen molar-refractivity contribution in [1.29, 1.82) is 5.26 Å². The number of nitrogens with zero attached hydrogens (tertiary/aromatic N) is 3. The van der Waals surface area contributed by atoms with Gasteiger partial charge in [-0.1, -0.05) is 0 Å². The summed E-state index contributed by atoms with van der Waals surface area (Å²) in [5, 5.41) is 11.4. The van der Waals surface area contributed by atoms with Crippen LogP contribution in [0.15, 0.2) is 4.52 Å². The molecule has 1 rings (SSSR count). The molecule has 1 aromatic rings. The number of hydrogen-bond acceptors (Lipinski definition) is 5. The van der Waals surface area contributed by atoms with Crippen molar-refractivity contribution >= 4 is 0 Å². The molecule has 0 bridgehead atoms. The van der Waals surface area contributed by atoms with Gasteiger partial charge < -0.3 is 4.74 Å². The van der Waals surface area contributed by atoms with Gasteiger partial charge in [0.15, 0.2) is 0 Å². The van der Waals surface area contributed by atoms with Gasteiger partial charge in [-0.2, -0.15) is 5.26 Å². The lowest BCUT2D eigenvalue weighted by molar-refractivity contribution is 0.250. The third-order valence-electron chi connectivity index (χ3n) is 0.682. The minimum Gasteiger partial charge on any atom is -0.452 e. The molecule has 0 saturated carbocycles. The van der Waals surface area contributed by atoms with Gasteiger partial charge in [-0.15, -0.1) is 4.98 Å². The van der Waals surface area contributed by atoms with Crippen LogP contribution in [0.4, 0.5) is 0 Å². The van der Waals surface area contributed by atoms with Crippen molar-refractivity contribution in [2.24, 2.45) is 0 Å². The number of methoxy groups -OCH3 is 1. The highest BCUT2D eigenvalue weighted by atomic mass is 16.6. The highest BCUT2D eigenvalue weighted by Gasteiger charge is 2.01. The van der Waals surface area contributed by atoms with Gasteiger partial charge >= 0.3 is 6.08 Å². The van der Waals surface area contributed by atoms with Gasteiger partial charge in [0.1, 0.15) is 6.07 Å². The Labute approximate surface area is 50.9 Å². The van der Waals surface area contributed by atoms with E-state index >= 15 is 0 Å². The van der Waals surface area contributed by atoms with Crippen molar-refractivity contribution in [3.8, 4) is 12.1 Å². The second-order valence-electron chi connectivity index (χ2n) is 1.20. The first-order chi connectivity index (χ1) is 4.36. The fourth-order valence-corrected chi connectivity index (χ4v) is 0.338. The molecule has 0 amide bonds. The monoisotopic (exact) mass is 125 g/mol. The molecule has 0 radical (unpaired) electrons. The van der Waals surface area contributed by atoms with Crippen LogP contribution < -0.4 is 4.74 Å². The van der Waals surface area contributed by atoms with Gasteiger partial charge in [0, 0.05) is 0 Å². The van der Waals surface area contributed by atoms with Crippen LogP contribution >= 0.6 is 0 Å². The Morgan fingerprint density at radius 1 is 1.78 bits per heavy atom. The number of rotatable bonds is 1. The summed E-state index contributed by atoms with van der Waals surface area (Å²) in [4.78, 5) is 3.49. The Hall–Kier alpha value is -1.57. The van der Waals surface area contributed by atoms with Crippen molar-refractivity contribution in [2.75, 3.05) is 7.11 Å². The summed E-state index contributed by atoms with van der Waals surface area (Å²) in [7, 11) is 1.38. The molecule has 0 saturated heterocycles. The maximum atomic E-state index is 8.16. The van der Waals surface area contributed by atoms with Crippen LogP contribution in [0.1, 0.15) is 5.82 Å². The molecule has 5 nitrogen and oxygen atoms in total. The van der Waals surface area contributed by atoms with Crippen molar-refractivity contribution in [3.05, 3.63) is 5.82 Å². The zero-order valence-corrected chi connectivity index (χ0v) is 4.66. The van der Waals surface area contributed by atoms with E-state index in [4.69, 9.17) is 5.26 Å². The van der Waals surface area contributed by atoms with E-state index in [2.05, 4.69) is 19.4 Å². The summed E-state index contributed by atoms with van der Waals surface area (Å²) in [5.41, 5.74) is 0. The zero-order valence-electron chi connectivity index (χ0n) is 4.66. The lowest BCUT2D eigenvalue weighted by Gasteiger charge is -1.81. The molecule has 0 spiro atoms. The normalized spacial score (nSPS) is 8.44. The van der Waals surface area contributed by atoms with Crippen LogP contribution in [0.5, 0.6) is 6.08 Å². The third-order valence-corrected chi connectivity index (χ3v) is 0.682. The molecule has 1 aromatic heterocycles. The van der Waals surface area contributed by atoms with E-state index in [9.17, 15) is 0 Å². The molecule has 0 aliphatic carbocycles. The summed E-state index contributed by atoms with van der Waals surface area (Å²) in [6.45, 7) is 0. The molecule has 0 fully saturated rings. The molecular weight excluding hydrogens is 122 g/mol. The van der Waals surface area contributed by atoms with E-state index in [1.54, 1.807) is 6.07 Å². The summed E-state index contributed by atoms with van der Waals surface area (Å²) in [6.07, 6.45) is 0.00606. The van der Waals surface area contributed by atoms with E-state index in [1.165, 1.54) is 7.11 Å². The smallest absolute Gasteiger partial charge is 0.418 e. The van der Waals surface area contributed by atoms with E-state index in [0.717, 1.165) is 0 Å². The van der Waals surface area contributed by atoms with Crippen LogP contribution in [0, 0.1) is 11.3 Å². The molecule has 0 aliphatic heterocycles. The standard InChI is InChI=1S/C4H3N3O2/c1-8-4-6-3(2-5)7-9-4/h1H3. The first-order valence-electron chi connectivity index (χ1n) is 2.14. The Balaban J connectivity index is 2.90. The Morgan fingerprint density at radius 2 is 2.56 bits per heavy atom. The first kappa shape index (κ1) is 5.56. The Bertz CT molecular complexity index is 236. The van der Waals surface area contributed by atoms with Gasteiger partial charge in [0.25, 0.3) is 5.82 Å². The lowest BCUT2D eigenvalue weighted by Crippen LogP contribution is -1.80. The average molecular weight is 125 g/mol. The zero-order chi connectivity index (χ0) is 6.69. The third kappa shape index (κ3) is 0.966. The second kappa shape index (κ2) is 2.13. The fraction of sp³-hybridized carbons (Fsp3) is 0.250. The molecule has 5 heteroatoms. The van der Waals surface area contributed by atoms with Crippen molar-refractivity contribution in [3.63, 3.8) is 0 Å².